The molecule has 1 unspecified atom stereocenters. The van der Waals surface area contributed by atoms with E-state index in [9.17, 15) is 9.59 Å². The number of amides is 1. The van der Waals surface area contributed by atoms with Gasteiger partial charge < -0.3 is 15.7 Å². The van der Waals surface area contributed by atoms with Gasteiger partial charge in [-0.05, 0) is 13.2 Å². The molecule has 0 bridgehead atoms. The molecule has 0 radical (unpaired) electrons. The maximum atomic E-state index is 11.5. The summed E-state index contributed by atoms with van der Waals surface area (Å²) < 4.78 is 0.874. The Morgan fingerprint density at radius 3 is 2.75 bits per heavy atom. The molecule has 2 rings (SSSR count). The number of thiophene rings is 1. The third kappa shape index (κ3) is 1.65. The van der Waals surface area contributed by atoms with Crippen LogP contribution in [0.15, 0.2) is 4.21 Å². The van der Waals surface area contributed by atoms with E-state index in [-0.39, 0.29) is 16.8 Å². The topological polar surface area (TPSA) is 78.4 Å². The lowest BCUT2D eigenvalue weighted by Crippen LogP contribution is -2.36. The van der Waals surface area contributed by atoms with Crippen molar-refractivity contribution in [3.63, 3.8) is 0 Å². The third-order valence-corrected chi connectivity index (χ3v) is 4.56. The Labute approximate surface area is 100 Å². The molecule has 1 amide bonds. The van der Waals surface area contributed by atoms with Crippen LogP contribution in [0.5, 0.6) is 0 Å². The Morgan fingerprint density at radius 1 is 1.50 bits per heavy atom. The predicted molar refractivity (Wildman–Crippen MR) is 64.8 cm³/mol. The molecule has 0 saturated heterocycles. The molecule has 7 heteroatoms. The van der Waals surface area contributed by atoms with Crippen LogP contribution in [-0.4, -0.2) is 29.3 Å². The Bertz CT molecular complexity index is 470. The summed E-state index contributed by atoms with van der Waals surface area (Å²) in [6.45, 7) is 1.74. The van der Waals surface area contributed by atoms with E-state index in [4.69, 9.17) is 5.11 Å². The number of carboxylic acid groups (broad SMARTS) is 1. The van der Waals surface area contributed by atoms with Gasteiger partial charge in [-0.15, -0.1) is 23.1 Å². The second kappa shape index (κ2) is 3.99. The molecule has 1 aromatic heterocycles. The van der Waals surface area contributed by atoms with Gasteiger partial charge >= 0.3 is 5.97 Å². The number of carboxylic acids is 1. The largest absolute Gasteiger partial charge is 0.477 e. The van der Waals surface area contributed by atoms with Crippen molar-refractivity contribution in [2.45, 2.75) is 17.2 Å². The highest BCUT2D eigenvalue weighted by molar-refractivity contribution is 8.00. The molecule has 0 saturated carbocycles. The Hall–Kier alpha value is -1.21. The molecule has 2 heterocycles. The van der Waals surface area contributed by atoms with Crippen LogP contribution in [0.1, 0.15) is 16.6 Å². The van der Waals surface area contributed by atoms with Gasteiger partial charge in [0, 0.05) is 0 Å². The van der Waals surface area contributed by atoms with E-state index in [2.05, 4.69) is 10.6 Å². The first-order valence-corrected chi connectivity index (χ1v) is 6.60. The fraction of sp³-hybridized carbons (Fsp3) is 0.333. The molecule has 0 spiro atoms. The van der Waals surface area contributed by atoms with Gasteiger partial charge in [0.15, 0.2) is 0 Å². The van der Waals surface area contributed by atoms with Crippen LogP contribution in [0.2, 0.25) is 0 Å². The summed E-state index contributed by atoms with van der Waals surface area (Å²) in [4.78, 5) is 22.6. The summed E-state index contributed by atoms with van der Waals surface area (Å²) in [5.74, 6) is -1.22. The quantitative estimate of drug-likeness (QED) is 0.706. The Balaban J connectivity index is 2.55. The van der Waals surface area contributed by atoms with E-state index in [0.29, 0.717) is 5.69 Å². The van der Waals surface area contributed by atoms with Crippen molar-refractivity contribution in [2.75, 3.05) is 16.9 Å². The van der Waals surface area contributed by atoms with Gasteiger partial charge in [0.05, 0.1) is 15.6 Å². The zero-order valence-corrected chi connectivity index (χ0v) is 10.3. The van der Waals surface area contributed by atoms with Crippen molar-refractivity contribution >= 4 is 46.3 Å². The molecule has 5 nitrogen and oxygen atoms in total. The van der Waals surface area contributed by atoms with Crippen molar-refractivity contribution < 1.29 is 14.7 Å². The minimum absolute atomic E-state index is 0.173. The monoisotopic (exact) mass is 258 g/mol. The predicted octanol–water partition coefficient (Wildman–Crippen LogP) is 1.92. The summed E-state index contributed by atoms with van der Waals surface area (Å²) in [6.07, 6.45) is 1.88. The van der Waals surface area contributed by atoms with E-state index in [1.54, 1.807) is 6.92 Å². The summed E-state index contributed by atoms with van der Waals surface area (Å²) in [5.41, 5.74) is 1.12. The van der Waals surface area contributed by atoms with Gasteiger partial charge in [-0.25, -0.2) is 4.79 Å². The van der Waals surface area contributed by atoms with Crippen LogP contribution in [0, 0.1) is 0 Å². The van der Waals surface area contributed by atoms with Crippen LogP contribution in [0.4, 0.5) is 11.4 Å². The number of anilines is 2. The number of carbonyl (C=O) groups excluding carboxylic acids is 1. The van der Waals surface area contributed by atoms with E-state index in [1.165, 1.54) is 23.1 Å². The standard InChI is InChI=1S/C9H10N2O3S2/c1-3-7(12)11-4-5(10-3)9(15-2)16-6(4)8(13)14/h3,10H,1-2H3,(H,11,12)(H,13,14). The number of nitrogens with one attached hydrogen (secondary N) is 2. The molecule has 0 aliphatic carbocycles. The van der Waals surface area contributed by atoms with Crippen LogP contribution < -0.4 is 10.6 Å². The fourth-order valence-corrected chi connectivity index (χ4v) is 3.21. The minimum atomic E-state index is -1.02. The second-order valence-corrected chi connectivity index (χ2v) is 5.43. The highest BCUT2D eigenvalue weighted by atomic mass is 32.2. The molecule has 3 N–H and O–H groups in total. The number of thioether (sulfide) groups is 1. The van der Waals surface area contributed by atoms with Crippen molar-refractivity contribution in [1.82, 2.24) is 0 Å². The zero-order valence-electron chi connectivity index (χ0n) is 8.66. The lowest BCUT2D eigenvalue weighted by molar-refractivity contribution is -0.116. The number of fused-ring (bicyclic) bond motifs is 1. The number of hydrogen-bond donors (Lipinski definition) is 3. The maximum absolute atomic E-state index is 11.5. The van der Waals surface area contributed by atoms with Crippen molar-refractivity contribution in [2.24, 2.45) is 0 Å². The fourth-order valence-electron chi connectivity index (χ4n) is 1.47. The first-order chi connectivity index (χ1) is 7.54. The second-order valence-electron chi connectivity index (χ2n) is 3.33. The highest BCUT2D eigenvalue weighted by Gasteiger charge is 2.30. The Kier molecular flexibility index (Phi) is 2.81. The number of hydrogen-bond acceptors (Lipinski definition) is 5. The van der Waals surface area contributed by atoms with Gasteiger partial charge in [0.2, 0.25) is 5.91 Å². The normalized spacial score (nSPS) is 18.6. The first-order valence-electron chi connectivity index (χ1n) is 4.56. The highest BCUT2D eigenvalue weighted by Crippen LogP contribution is 2.45. The SMILES string of the molecule is CSc1sc(C(=O)O)c2c1NC(C)C(=O)N2. The summed E-state index contributed by atoms with van der Waals surface area (Å²) in [6, 6.07) is -0.338. The molecule has 1 atom stereocenters. The van der Waals surface area contributed by atoms with Crippen molar-refractivity contribution in [3.8, 4) is 0 Å². The summed E-state index contributed by atoms with van der Waals surface area (Å²) >= 11 is 2.64. The van der Waals surface area contributed by atoms with E-state index in [0.717, 1.165) is 9.90 Å². The molecule has 16 heavy (non-hydrogen) atoms. The molecule has 1 aliphatic rings. The molecule has 86 valence electrons. The van der Waals surface area contributed by atoms with E-state index < -0.39 is 5.97 Å². The van der Waals surface area contributed by atoms with E-state index >= 15 is 0 Å². The van der Waals surface area contributed by atoms with E-state index in [1.807, 2.05) is 6.26 Å². The van der Waals surface area contributed by atoms with Crippen molar-refractivity contribution in [1.29, 1.82) is 0 Å². The number of carbonyl (C=O) groups is 2. The smallest absolute Gasteiger partial charge is 0.348 e. The minimum Gasteiger partial charge on any atom is -0.477 e. The van der Waals surface area contributed by atoms with Crippen LogP contribution >= 0.6 is 23.1 Å². The van der Waals surface area contributed by atoms with Gasteiger partial charge in [-0.2, -0.15) is 0 Å². The van der Waals surface area contributed by atoms with Gasteiger partial charge in [-0.3, -0.25) is 4.79 Å². The lowest BCUT2D eigenvalue weighted by atomic mass is 10.2. The number of rotatable bonds is 2. The average Bonchev–Trinajstić information content (AvgIpc) is 2.57. The van der Waals surface area contributed by atoms with Gasteiger partial charge in [0.25, 0.3) is 0 Å². The van der Waals surface area contributed by atoms with Crippen molar-refractivity contribution in [3.05, 3.63) is 4.88 Å². The molecular formula is C9H10N2O3S2. The summed E-state index contributed by atoms with van der Waals surface area (Å²) in [7, 11) is 0. The van der Waals surface area contributed by atoms with Crippen LogP contribution in [0.3, 0.4) is 0 Å². The maximum Gasteiger partial charge on any atom is 0.348 e. The average molecular weight is 258 g/mol. The molecule has 0 fully saturated rings. The van der Waals surface area contributed by atoms with Gasteiger partial charge in [-0.1, -0.05) is 0 Å². The van der Waals surface area contributed by atoms with Gasteiger partial charge in [0.1, 0.15) is 10.9 Å². The number of aromatic carboxylic acids is 1. The van der Waals surface area contributed by atoms with Crippen LogP contribution in [0.25, 0.3) is 0 Å². The van der Waals surface area contributed by atoms with Crippen LogP contribution in [-0.2, 0) is 4.79 Å². The molecule has 1 aliphatic heterocycles. The third-order valence-electron chi connectivity index (χ3n) is 2.26. The first kappa shape index (κ1) is 11.3. The Morgan fingerprint density at radius 2 is 2.19 bits per heavy atom. The zero-order chi connectivity index (χ0) is 11.9. The lowest BCUT2D eigenvalue weighted by Gasteiger charge is -2.22. The molecular weight excluding hydrogens is 248 g/mol. The molecule has 1 aromatic rings. The molecule has 0 aromatic carbocycles. The summed E-state index contributed by atoms with van der Waals surface area (Å²) in [5, 5.41) is 14.7.